The summed E-state index contributed by atoms with van der Waals surface area (Å²) in [6.45, 7) is 9.59. The van der Waals surface area contributed by atoms with E-state index in [9.17, 15) is 4.79 Å². The maximum Gasteiger partial charge on any atom is 0.225 e. The first-order valence-electron chi connectivity index (χ1n) is 10.9. The molecule has 4 rings (SSSR count). The van der Waals surface area contributed by atoms with E-state index in [1.165, 1.54) is 0 Å². The first kappa shape index (κ1) is 21.6. The Bertz CT molecular complexity index is 1090. The second-order valence-corrected chi connectivity index (χ2v) is 8.85. The lowest BCUT2D eigenvalue weighted by atomic mass is 9.96. The standard InChI is InChI=1S/C23H29ClN6O/c1-5-14(2)25-23(31)17-7-6-12-29(13-17)22-21-20(15(3)26-27-22)16(4)30(28-21)19-10-8-18(24)9-11-19/h8-11,14,17H,5-7,12-13H2,1-4H3,(H,25,31)/t14-,17-/m0/s1. The van der Waals surface area contributed by atoms with E-state index >= 15 is 0 Å². The van der Waals surface area contributed by atoms with E-state index in [2.05, 4.69) is 27.3 Å². The van der Waals surface area contributed by atoms with E-state index in [1.807, 2.05) is 49.7 Å². The number of carbonyl (C=O) groups is 1. The fourth-order valence-electron chi connectivity index (χ4n) is 4.20. The van der Waals surface area contributed by atoms with E-state index in [-0.39, 0.29) is 17.9 Å². The van der Waals surface area contributed by atoms with Crippen LogP contribution in [-0.2, 0) is 4.79 Å². The van der Waals surface area contributed by atoms with Crippen LogP contribution in [0.2, 0.25) is 5.02 Å². The van der Waals surface area contributed by atoms with Gasteiger partial charge in [0.1, 0.15) is 5.52 Å². The zero-order valence-corrected chi connectivity index (χ0v) is 19.3. The monoisotopic (exact) mass is 440 g/mol. The third-order valence-corrected chi connectivity index (χ3v) is 6.40. The highest BCUT2D eigenvalue weighted by molar-refractivity contribution is 6.30. The average molecular weight is 441 g/mol. The number of fused-ring (bicyclic) bond motifs is 1. The Morgan fingerprint density at radius 2 is 2.00 bits per heavy atom. The number of amides is 1. The number of nitrogens with one attached hydrogen (secondary N) is 1. The SMILES string of the molecule is CC[C@H](C)NC(=O)[C@H]1CCCN(c2nnc(C)c3c(C)n(-c4ccc(Cl)cc4)nc23)C1. The van der Waals surface area contributed by atoms with Gasteiger partial charge in [0.15, 0.2) is 5.82 Å². The number of aromatic nitrogens is 4. The number of hydrogen-bond acceptors (Lipinski definition) is 5. The molecule has 2 atom stereocenters. The molecule has 7 nitrogen and oxygen atoms in total. The molecule has 1 saturated heterocycles. The van der Waals surface area contributed by atoms with Crippen molar-refractivity contribution in [2.24, 2.45) is 5.92 Å². The highest BCUT2D eigenvalue weighted by Crippen LogP contribution is 2.31. The van der Waals surface area contributed by atoms with Gasteiger partial charge in [-0.3, -0.25) is 4.79 Å². The van der Waals surface area contributed by atoms with Gasteiger partial charge in [-0.1, -0.05) is 18.5 Å². The van der Waals surface area contributed by atoms with E-state index in [1.54, 1.807) is 0 Å². The van der Waals surface area contributed by atoms with Crippen LogP contribution in [0.15, 0.2) is 24.3 Å². The summed E-state index contributed by atoms with van der Waals surface area (Å²) in [5, 5.41) is 18.7. The molecule has 0 unspecified atom stereocenters. The Balaban J connectivity index is 1.69. The smallest absolute Gasteiger partial charge is 0.225 e. The van der Waals surface area contributed by atoms with Crippen molar-refractivity contribution in [3.05, 3.63) is 40.7 Å². The lowest BCUT2D eigenvalue weighted by Crippen LogP contribution is -2.45. The second-order valence-electron chi connectivity index (χ2n) is 8.41. The van der Waals surface area contributed by atoms with Crippen molar-refractivity contribution in [2.45, 2.75) is 53.0 Å². The molecule has 0 saturated carbocycles. The number of anilines is 1. The maximum absolute atomic E-state index is 12.7. The number of piperidine rings is 1. The predicted octanol–water partition coefficient (Wildman–Crippen LogP) is 4.22. The van der Waals surface area contributed by atoms with Gasteiger partial charge < -0.3 is 10.2 Å². The van der Waals surface area contributed by atoms with Crippen LogP contribution in [0.4, 0.5) is 5.82 Å². The molecule has 1 aliphatic heterocycles. The Morgan fingerprint density at radius 3 is 2.71 bits per heavy atom. The number of carbonyl (C=O) groups excluding carboxylic acids is 1. The molecule has 1 aromatic carbocycles. The summed E-state index contributed by atoms with van der Waals surface area (Å²) in [5.41, 5.74) is 3.62. The highest BCUT2D eigenvalue weighted by Gasteiger charge is 2.29. The van der Waals surface area contributed by atoms with Crippen LogP contribution in [0.25, 0.3) is 16.6 Å². The number of nitrogens with zero attached hydrogens (tertiary/aromatic N) is 5. The molecule has 2 aromatic heterocycles. The Kier molecular flexibility index (Phi) is 6.14. The number of rotatable bonds is 5. The summed E-state index contributed by atoms with van der Waals surface area (Å²) in [4.78, 5) is 14.9. The normalized spacial score (nSPS) is 17.7. The van der Waals surface area contributed by atoms with Crippen molar-refractivity contribution >= 4 is 34.2 Å². The molecule has 8 heteroatoms. The van der Waals surface area contributed by atoms with Gasteiger partial charge >= 0.3 is 0 Å². The van der Waals surface area contributed by atoms with Gasteiger partial charge in [0.25, 0.3) is 0 Å². The number of benzene rings is 1. The topological polar surface area (TPSA) is 75.9 Å². The first-order chi connectivity index (χ1) is 14.9. The molecule has 31 heavy (non-hydrogen) atoms. The molecule has 164 valence electrons. The molecule has 3 aromatic rings. The summed E-state index contributed by atoms with van der Waals surface area (Å²) >= 11 is 6.06. The van der Waals surface area contributed by atoms with Crippen molar-refractivity contribution in [3.63, 3.8) is 0 Å². The Morgan fingerprint density at radius 1 is 1.26 bits per heavy atom. The summed E-state index contributed by atoms with van der Waals surface area (Å²) < 4.78 is 1.91. The third-order valence-electron chi connectivity index (χ3n) is 6.15. The number of hydrogen-bond donors (Lipinski definition) is 1. The summed E-state index contributed by atoms with van der Waals surface area (Å²) in [5.74, 6) is 0.816. The molecule has 1 amide bonds. The van der Waals surface area contributed by atoms with Gasteiger partial charge in [0.2, 0.25) is 5.91 Å². The van der Waals surface area contributed by atoms with Gasteiger partial charge in [-0.25, -0.2) is 4.68 Å². The molecule has 0 radical (unpaired) electrons. The largest absolute Gasteiger partial charge is 0.353 e. The fourth-order valence-corrected chi connectivity index (χ4v) is 4.33. The van der Waals surface area contributed by atoms with Crippen LogP contribution < -0.4 is 10.2 Å². The first-order valence-corrected chi connectivity index (χ1v) is 11.3. The minimum Gasteiger partial charge on any atom is -0.353 e. The van der Waals surface area contributed by atoms with Crippen LogP contribution in [0.5, 0.6) is 0 Å². The van der Waals surface area contributed by atoms with Gasteiger partial charge in [-0.15, -0.1) is 5.10 Å². The molecule has 1 aliphatic rings. The van der Waals surface area contributed by atoms with E-state index < -0.39 is 0 Å². The van der Waals surface area contributed by atoms with Crippen molar-refractivity contribution in [1.29, 1.82) is 0 Å². The fraction of sp³-hybridized carbons (Fsp3) is 0.478. The Hall–Kier alpha value is -2.67. The van der Waals surface area contributed by atoms with Crippen LogP contribution >= 0.6 is 11.6 Å². The number of aryl methyl sites for hydroxylation is 2. The second kappa shape index (κ2) is 8.83. The molecule has 0 bridgehead atoms. The summed E-state index contributed by atoms with van der Waals surface area (Å²) in [6.07, 6.45) is 2.75. The minimum absolute atomic E-state index is 0.0552. The van der Waals surface area contributed by atoms with Crippen molar-refractivity contribution < 1.29 is 4.79 Å². The molecule has 0 spiro atoms. The van der Waals surface area contributed by atoms with Crippen molar-refractivity contribution in [3.8, 4) is 5.69 Å². The van der Waals surface area contributed by atoms with E-state index in [0.717, 1.165) is 59.6 Å². The average Bonchev–Trinajstić information content (AvgIpc) is 3.12. The summed E-state index contributed by atoms with van der Waals surface area (Å²) in [6, 6.07) is 7.81. The highest BCUT2D eigenvalue weighted by atomic mass is 35.5. The zero-order valence-electron chi connectivity index (χ0n) is 18.5. The molecular formula is C23H29ClN6O. The van der Waals surface area contributed by atoms with Crippen molar-refractivity contribution in [1.82, 2.24) is 25.3 Å². The maximum atomic E-state index is 12.7. The van der Waals surface area contributed by atoms with Gasteiger partial charge in [-0.2, -0.15) is 10.2 Å². The lowest BCUT2D eigenvalue weighted by molar-refractivity contribution is -0.125. The predicted molar refractivity (Wildman–Crippen MR) is 124 cm³/mol. The summed E-state index contributed by atoms with van der Waals surface area (Å²) in [7, 11) is 0. The molecule has 1 N–H and O–H groups in total. The van der Waals surface area contributed by atoms with E-state index in [4.69, 9.17) is 16.7 Å². The molecule has 1 fully saturated rings. The Labute approximate surface area is 187 Å². The van der Waals surface area contributed by atoms with Crippen LogP contribution in [0.3, 0.4) is 0 Å². The molecule has 3 heterocycles. The van der Waals surface area contributed by atoms with Gasteiger partial charge in [0, 0.05) is 24.2 Å². The van der Waals surface area contributed by atoms with Crippen LogP contribution in [0, 0.1) is 19.8 Å². The zero-order chi connectivity index (χ0) is 22.1. The number of halogens is 1. The lowest BCUT2D eigenvalue weighted by Gasteiger charge is -2.33. The molecule has 0 aliphatic carbocycles. The van der Waals surface area contributed by atoms with E-state index in [0.29, 0.717) is 11.6 Å². The third kappa shape index (κ3) is 4.24. The minimum atomic E-state index is -0.0552. The van der Waals surface area contributed by atoms with Crippen LogP contribution in [0.1, 0.15) is 44.5 Å². The quantitative estimate of drug-likeness (QED) is 0.642. The van der Waals surface area contributed by atoms with Crippen molar-refractivity contribution in [2.75, 3.05) is 18.0 Å². The van der Waals surface area contributed by atoms with Crippen LogP contribution in [-0.4, -0.2) is 45.0 Å². The molecular weight excluding hydrogens is 412 g/mol. The van der Waals surface area contributed by atoms with Gasteiger partial charge in [0.05, 0.1) is 28.4 Å². The van der Waals surface area contributed by atoms with Gasteiger partial charge in [-0.05, 0) is 64.3 Å².